The van der Waals surface area contributed by atoms with Crippen molar-refractivity contribution in [3.63, 3.8) is 0 Å². The third kappa shape index (κ3) is 5.88. The minimum atomic E-state index is -0.557. The number of carbonyl (C=O) groups is 1. The molecule has 1 atom stereocenters. The van der Waals surface area contributed by atoms with E-state index in [2.05, 4.69) is 10.6 Å². The van der Waals surface area contributed by atoms with Crippen molar-refractivity contribution in [2.45, 2.75) is 19.1 Å². The van der Waals surface area contributed by atoms with Crippen LogP contribution in [0.5, 0.6) is 0 Å². The van der Waals surface area contributed by atoms with Crippen molar-refractivity contribution in [3.05, 3.63) is 111 Å². The Hall–Kier alpha value is -3.22. The number of halogens is 1. The predicted molar refractivity (Wildman–Crippen MR) is 112 cm³/mol. The van der Waals surface area contributed by atoms with Gasteiger partial charge in [0.05, 0.1) is 4.92 Å². The number of nitrogens with one attached hydrogen (secondary N) is 2. The zero-order valence-electron chi connectivity index (χ0n) is 15.5. The molecule has 148 valence electrons. The van der Waals surface area contributed by atoms with Gasteiger partial charge >= 0.3 is 0 Å². The van der Waals surface area contributed by atoms with Crippen LogP contribution in [0.2, 0.25) is 5.02 Å². The molecule has 0 aromatic heterocycles. The number of nitro benzene ring substituents is 1. The minimum Gasteiger partial charge on any atom is -0.350 e. The van der Waals surface area contributed by atoms with E-state index in [0.717, 1.165) is 16.7 Å². The summed E-state index contributed by atoms with van der Waals surface area (Å²) in [6, 6.07) is 22.4. The topological polar surface area (TPSA) is 84.3 Å². The molecule has 0 saturated heterocycles. The van der Waals surface area contributed by atoms with E-state index in [-0.39, 0.29) is 11.6 Å². The Bertz CT molecular complexity index is 961. The summed E-state index contributed by atoms with van der Waals surface area (Å²) in [5.41, 5.74) is 2.67. The van der Waals surface area contributed by atoms with Crippen LogP contribution in [0.25, 0.3) is 0 Å². The monoisotopic (exact) mass is 409 g/mol. The molecule has 3 aromatic carbocycles. The van der Waals surface area contributed by atoms with Gasteiger partial charge < -0.3 is 5.32 Å². The maximum atomic E-state index is 12.9. The molecule has 6 nitrogen and oxygen atoms in total. The van der Waals surface area contributed by atoms with Crippen LogP contribution >= 0.6 is 11.6 Å². The number of non-ortho nitro benzene ring substituents is 1. The molecule has 2 N–H and O–H groups in total. The van der Waals surface area contributed by atoms with Gasteiger partial charge in [0.1, 0.15) is 6.04 Å². The fourth-order valence-corrected chi connectivity index (χ4v) is 2.98. The second kappa shape index (κ2) is 9.82. The van der Waals surface area contributed by atoms with E-state index in [1.54, 1.807) is 24.3 Å². The molecule has 0 aliphatic heterocycles. The number of amides is 1. The van der Waals surface area contributed by atoms with Crippen molar-refractivity contribution < 1.29 is 9.72 Å². The molecule has 0 bridgehead atoms. The Kier molecular flexibility index (Phi) is 6.94. The molecule has 1 unspecified atom stereocenters. The second-order valence-electron chi connectivity index (χ2n) is 6.49. The summed E-state index contributed by atoms with van der Waals surface area (Å²) < 4.78 is 0. The maximum absolute atomic E-state index is 12.9. The fraction of sp³-hybridized carbons (Fsp3) is 0.136. The van der Waals surface area contributed by atoms with Crippen LogP contribution in [0.15, 0.2) is 78.9 Å². The average molecular weight is 410 g/mol. The van der Waals surface area contributed by atoms with E-state index in [9.17, 15) is 14.9 Å². The molecule has 0 saturated carbocycles. The Morgan fingerprint density at radius 1 is 0.897 bits per heavy atom. The van der Waals surface area contributed by atoms with E-state index in [1.165, 1.54) is 12.1 Å². The first kappa shape index (κ1) is 20.5. The first-order chi connectivity index (χ1) is 14.0. The summed E-state index contributed by atoms with van der Waals surface area (Å²) in [5, 5.41) is 17.6. The van der Waals surface area contributed by atoms with Crippen LogP contribution in [-0.2, 0) is 17.9 Å². The van der Waals surface area contributed by atoms with Crippen molar-refractivity contribution in [1.82, 2.24) is 10.6 Å². The van der Waals surface area contributed by atoms with E-state index in [1.807, 2.05) is 42.5 Å². The van der Waals surface area contributed by atoms with Gasteiger partial charge in [-0.05, 0) is 28.8 Å². The first-order valence-electron chi connectivity index (χ1n) is 9.07. The number of hydrogen-bond donors (Lipinski definition) is 2. The standard InChI is InChI=1S/C22H20ClN3O3/c23-19-10-6-16(7-11-19)15-25-22(27)21(18-4-2-1-3-5-18)24-14-17-8-12-20(13-9-17)26(28)29/h1-13,21,24H,14-15H2,(H,25,27). The van der Waals surface area contributed by atoms with Crippen LogP contribution in [0.3, 0.4) is 0 Å². The Balaban J connectivity index is 1.68. The Morgan fingerprint density at radius 2 is 1.48 bits per heavy atom. The van der Waals surface area contributed by atoms with Crippen LogP contribution in [-0.4, -0.2) is 10.8 Å². The van der Waals surface area contributed by atoms with Gasteiger partial charge in [0.25, 0.3) is 5.69 Å². The third-order valence-corrected chi connectivity index (χ3v) is 4.68. The molecule has 3 aromatic rings. The van der Waals surface area contributed by atoms with Crippen molar-refractivity contribution in [3.8, 4) is 0 Å². The normalized spacial score (nSPS) is 11.6. The van der Waals surface area contributed by atoms with Gasteiger partial charge in [0, 0.05) is 30.2 Å². The van der Waals surface area contributed by atoms with Crippen molar-refractivity contribution in [2.75, 3.05) is 0 Å². The van der Waals surface area contributed by atoms with Crippen LogP contribution < -0.4 is 10.6 Å². The zero-order valence-corrected chi connectivity index (χ0v) is 16.3. The van der Waals surface area contributed by atoms with E-state index in [0.29, 0.717) is 18.1 Å². The highest BCUT2D eigenvalue weighted by molar-refractivity contribution is 6.30. The average Bonchev–Trinajstić information content (AvgIpc) is 2.74. The minimum absolute atomic E-state index is 0.0362. The summed E-state index contributed by atoms with van der Waals surface area (Å²) in [7, 11) is 0. The first-order valence-corrected chi connectivity index (χ1v) is 9.44. The molecule has 0 radical (unpaired) electrons. The molecule has 0 aliphatic carbocycles. The number of nitrogens with zero attached hydrogens (tertiary/aromatic N) is 1. The van der Waals surface area contributed by atoms with E-state index >= 15 is 0 Å². The number of benzene rings is 3. The SMILES string of the molecule is O=C(NCc1ccc(Cl)cc1)C(NCc1ccc([N+](=O)[O-])cc1)c1ccccc1. The van der Waals surface area contributed by atoms with Gasteiger partial charge in [-0.2, -0.15) is 0 Å². The lowest BCUT2D eigenvalue weighted by Crippen LogP contribution is -2.37. The van der Waals surface area contributed by atoms with Gasteiger partial charge in [0.2, 0.25) is 5.91 Å². The molecule has 0 aliphatic rings. The highest BCUT2D eigenvalue weighted by Gasteiger charge is 2.20. The van der Waals surface area contributed by atoms with Crippen LogP contribution in [0, 0.1) is 10.1 Å². The molecule has 3 rings (SSSR count). The fourth-order valence-electron chi connectivity index (χ4n) is 2.86. The largest absolute Gasteiger partial charge is 0.350 e. The van der Waals surface area contributed by atoms with Crippen molar-refractivity contribution in [1.29, 1.82) is 0 Å². The van der Waals surface area contributed by atoms with E-state index < -0.39 is 11.0 Å². The van der Waals surface area contributed by atoms with E-state index in [4.69, 9.17) is 11.6 Å². The predicted octanol–water partition coefficient (Wildman–Crippen LogP) is 4.40. The number of carbonyl (C=O) groups excluding carboxylic acids is 1. The number of nitro groups is 1. The second-order valence-corrected chi connectivity index (χ2v) is 6.93. The zero-order chi connectivity index (χ0) is 20.6. The molecule has 0 spiro atoms. The molecule has 1 amide bonds. The lowest BCUT2D eigenvalue weighted by Gasteiger charge is -2.19. The lowest BCUT2D eigenvalue weighted by molar-refractivity contribution is -0.384. The maximum Gasteiger partial charge on any atom is 0.269 e. The van der Waals surface area contributed by atoms with Crippen molar-refractivity contribution in [2.24, 2.45) is 0 Å². The Labute approximate surface area is 173 Å². The molecule has 29 heavy (non-hydrogen) atoms. The quantitative estimate of drug-likeness (QED) is 0.426. The molecule has 7 heteroatoms. The van der Waals surface area contributed by atoms with Crippen LogP contribution in [0.1, 0.15) is 22.7 Å². The van der Waals surface area contributed by atoms with Gasteiger partial charge in [0.15, 0.2) is 0 Å². The highest BCUT2D eigenvalue weighted by Crippen LogP contribution is 2.16. The van der Waals surface area contributed by atoms with Gasteiger partial charge in [-0.25, -0.2) is 0 Å². The van der Waals surface area contributed by atoms with Gasteiger partial charge in [-0.3, -0.25) is 20.2 Å². The summed E-state index contributed by atoms with van der Waals surface area (Å²) >= 11 is 5.90. The number of hydrogen-bond acceptors (Lipinski definition) is 4. The van der Waals surface area contributed by atoms with Crippen molar-refractivity contribution >= 4 is 23.2 Å². The number of rotatable bonds is 8. The molecule has 0 heterocycles. The summed E-state index contributed by atoms with van der Waals surface area (Å²) in [5.74, 6) is -0.159. The summed E-state index contributed by atoms with van der Waals surface area (Å²) in [4.78, 5) is 23.2. The Morgan fingerprint density at radius 3 is 2.10 bits per heavy atom. The molecule has 0 fully saturated rings. The molecular formula is C22H20ClN3O3. The summed E-state index contributed by atoms with van der Waals surface area (Å²) in [6.45, 7) is 0.782. The smallest absolute Gasteiger partial charge is 0.269 e. The highest BCUT2D eigenvalue weighted by atomic mass is 35.5. The molecular weight excluding hydrogens is 390 g/mol. The van der Waals surface area contributed by atoms with Gasteiger partial charge in [-0.1, -0.05) is 66.2 Å². The third-order valence-electron chi connectivity index (χ3n) is 4.43. The summed E-state index contributed by atoms with van der Waals surface area (Å²) in [6.07, 6.45) is 0. The van der Waals surface area contributed by atoms with Crippen LogP contribution in [0.4, 0.5) is 5.69 Å². The lowest BCUT2D eigenvalue weighted by atomic mass is 10.1. The van der Waals surface area contributed by atoms with Gasteiger partial charge in [-0.15, -0.1) is 0 Å².